The molecule has 1 aliphatic heterocycles. The first-order valence-electron chi connectivity index (χ1n) is 10.1. The molecule has 7 nitrogen and oxygen atoms in total. The van der Waals surface area contributed by atoms with Crippen molar-refractivity contribution in [1.82, 2.24) is 19.7 Å². The number of fused-ring (bicyclic) bond motifs is 1. The average molecular weight is 484 g/mol. The Balaban J connectivity index is 1.53. The van der Waals surface area contributed by atoms with Crippen LogP contribution in [-0.4, -0.2) is 38.4 Å². The zero-order chi connectivity index (χ0) is 23.6. The molecule has 0 atom stereocenters. The summed E-state index contributed by atoms with van der Waals surface area (Å²) in [6.07, 6.45) is 0.344. The molecule has 0 fully saturated rings. The van der Waals surface area contributed by atoms with Gasteiger partial charge in [0.1, 0.15) is 16.7 Å². The van der Waals surface area contributed by atoms with Crippen LogP contribution in [0, 0.1) is 5.82 Å². The quantitative estimate of drug-likeness (QED) is 0.513. The molecule has 0 unspecified atom stereocenters. The zero-order valence-electron chi connectivity index (χ0n) is 17.1. The Hall–Kier alpha value is -3.21. The monoisotopic (exact) mass is 483 g/mol. The summed E-state index contributed by atoms with van der Waals surface area (Å²) in [5, 5.41) is 10.6. The van der Waals surface area contributed by atoms with Crippen LogP contribution in [0.4, 0.5) is 23.2 Å². The number of aryl methyl sites for hydroxylation is 1. The van der Waals surface area contributed by atoms with Crippen LogP contribution in [-0.2, 0) is 13.0 Å². The Morgan fingerprint density at radius 3 is 2.76 bits per heavy atom. The minimum Gasteiger partial charge on any atom is -0.467 e. The Morgan fingerprint density at radius 2 is 2.00 bits per heavy atom. The fourth-order valence-corrected chi connectivity index (χ4v) is 3.68. The van der Waals surface area contributed by atoms with E-state index in [0.29, 0.717) is 11.4 Å². The topological polar surface area (TPSA) is 81.9 Å². The average Bonchev–Trinajstić information content (AvgIpc) is 3.01. The first-order valence-corrected chi connectivity index (χ1v) is 10.5. The number of ether oxygens (including phenoxy) is 1. The highest BCUT2D eigenvalue weighted by atomic mass is 35.5. The highest BCUT2D eigenvalue weighted by Gasteiger charge is 2.29. The van der Waals surface area contributed by atoms with E-state index >= 15 is 0 Å². The first-order chi connectivity index (χ1) is 15.7. The molecule has 2 aromatic heterocycles. The SMILES string of the molecule is O=C(Nc1cc(-c2nnc3n2CCCCC3)ccc1F)c1cnc(OCC(F)(F)F)c(Cl)c1. The standard InChI is InChI=1S/C21H18ClF4N5O2/c22-14-8-13(10-27-20(14)33-11-21(24,25)26)19(32)28-16-9-12(5-6-15(16)23)18-30-29-17-4-2-1-3-7-31(17)18/h5-6,8-10H,1-4,7,11H2,(H,28,32). The molecule has 1 aliphatic rings. The van der Waals surface area contributed by atoms with Gasteiger partial charge in [-0.15, -0.1) is 10.2 Å². The highest BCUT2D eigenvalue weighted by Crippen LogP contribution is 2.28. The molecule has 0 spiro atoms. The summed E-state index contributed by atoms with van der Waals surface area (Å²) in [5.41, 5.74) is 0.400. The van der Waals surface area contributed by atoms with Crippen LogP contribution >= 0.6 is 11.6 Å². The lowest BCUT2D eigenvalue weighted by Gasteiger charge is -2.12. The number of anilines is 1. The number of halogens is 5. The van der Waals surface area contributed by atoms with Gasteiger partial charge >= 0.3 is 6.18 Å². The van der Waals surface area contributed by atoms with Gasteiger partial charge in [0.05, 0.1) is 11.3 Å². The van der Waals surface area contributed by atoms with Gasteiger partial charge in [0.2, 0.25) is 5.88 Å². The lowest BCUT2D eigenvalue weighted by Crippen LogP contribution is -2.20. The predicted molar refractivity (Wildman–Crippen MR) is 112 cm³/mol. The summed E-state index contributed by atoms with van der Waals surface area (Å²) in [4.78, 5) is 16.2. The molecule has 0 radical (unpaired) electrons. The summed E-state index contributed by atoms with van der Waals surface area (Å²) in [6, 6.07) is 5.31. The number of rotatable bonds is 5. The summed E-state index contributed by atoms with van der Waals surface area (Å²) in [6.45, 7) is -0.820. The largest absolute Gasteiger partial charge is 0.467 e. The van der Waals surface area contributed by atoms with E-state index in [9.17, 15) is 22.4 Å². The Labute approximate surface area is 190 Å². The van der Waals surface area contributed by atoms with Crippen LogP contribution in [0.1, 0.15) is 35.4 Å². The van der Waals surface area contributed by atoms with Crippen molar-refractivity contribution < 1.29 is 27.1 Å². The minimum absolute atomic E-state index is 0.0829. The van der Waals surface area contributed by atoms with Crippen molar-refractivity contribution in [3.8, 4) is 17.3 Å². The molecule has 1 N–H and O–H groups in total. The van der Waals surface area contributed by atoms with Gasteiger partial charge in [0.15, 0.2) is 12.4 Å². The van der Waals surface area contributed by atoms with Crippen LogP contribution in [0.2, 0.25) is 5.02 Å². The third-order valence-corrected chi connectivity index (χ3v) is 5.30. The van der Waals surface area contributed by atoms with Gasteiger partial charge in [-0.05, 0) is 37.1 Å². The highest BCUT2D eigenvalue weighted by molar-refractivity contribution is 6.32. The van der Waals surface area contributed by atoms with Gasteiger partial charge in [0.25, 0.3) is 5.91 Å². The Morgan fingerprint density at radius 1 is 1.18 bits per heavy atom. The number of carbonyl (C=O) groups is 1. The van der Waals surface area contributed by atoms with Crippen molar-refractivity contribution in [1.29, 1.82) is 0 Å². The molecular weight excluding hydrogens is 466 g/mol. The molecule has 4 rings (SSSR count). The van der Waals surface area contributed by atoms with Gasteiger partial charge in [-0.25, -0.2) is 9.37 Å². The summed E-state index contributed by atoms with van der Waals surface area (Å²) >= 11 is 5.88. The zero-order valence-corrected chi connectivity index (χ0v) is 17.9. The van der Waals surface area contributed by atoms with E-state index in [0.717, 1.165) is 50.3 Å². The molecular formula is C21H18ClF4N5O2. The van der Waals surface area contributed by atoms with Crippen LogP contribution < -0.4 is 10.1 Å². The Bertz CT molecular complexity index is 1180. The van der Waals surface area contributed by atoms with E-state index in [1.165, 1.54) is 12.1 Å². The van der Waals surface area contributed by atoms with E-state index in [1.54, 1.807) is 6.07 Å². The van der Waals surface area contributed by atoms with Gasteiger partial charge in [-0.3, -0.25) is 4.79 Å². The molecule has 33 heavy (non-hydrogen) atoms. The first kappa shape index (κ1) is 23.0. The fraction of sp³-hybridized carbons (Fsp3) is 0.333. The molecule has 3 aromatic rings. The molecule has 0 bridgehead atoms. The van der Waals surface area contributed by atoms with E-state index in [-0.39, 0.29) is 16.3 Å². The van der Waals surface area contributed by atoms with Gasteiger partial charge in [-0.2, -0.15) is 13.2 Å². The van der Waals surface area contributed by atoms with E-state index < -0.39 is 30.4 Å². The fourth-order valence-electron chi connectivity index (χ4n) is 3.46. The summed E-state index contributed by atoms with van der Waals surface area (Å²) < 4.78 is 57.8. The predicted octanol–water partition coefficient (Wildman–Crippen LogP) is 5.05. The number of hydrogen-bond donors (Lipinski definition) is 1. The number of pyridine rings is 1. The molecule has 0 saturated carbocycles. The molecule has 3 heterocycles. The number of aromatic nitrogens is 4. The third kappa shape index (κ3) is 5.41. The second-order valence-corrected chi connectivity index (χ2v) is 7.87. The Kier molecular flexibility index (Phi) is 6.50. The molecule has 1 amide bonds. The maximum atomic E-state index is 14.4. The van der Waals surface area contributed by atoms with Crippen molar-refractivity contribution in [2.75, 3.05) is 11.9 Å². The summed E-state index contributed by atoms with van der Waals surface area (Å²) in [7, 11) is 0. The maximum absolute atomic E-state index is 14.4. The third-order valence-electron chi connectivity index (χ3n) is 5.02. The number of alkyl halides is 3. The van der Waals surface area contributed by atoms with Crippen molar-refractivity contribution in [3.05, 3.63) is 52.7 Å². The number of benzene rings is 1. The van der Waals surface area contributed by atoms with Gasteiger partial charge in [0, 0.05) is 24.7 Å². The van der Waals surface area contributed by atoms with Gasteiger partial charge in [-0.1, -0.05) is 18.0 Å². The number of nitrogens with zero attached hydrogens (tertiary/aromatic N) is 4. The molecule has 1 aromatic carbocycles. The summed E-state index contributed by atoms with van der Waals surface area (Å²) in [5.74, 6) is -0.440. The number of hydrogen-bond acceptors (Lipinski definition) is 5. The molecule has 174 valence electrons. The van der Waals surface area contributed by atoms with Crippen LogP contribution in [0.3, 0.4) is 0 Å². The van der Waals surface area contributed by atoms with E-state index in [4.69, 9.17) is 11.6 Å². The maximum Gasteiger partial charge on any atom is 0.422 e. The number of carbonyl (C=O) groups excluding carboxylic acids is 1. The smallest absolute Gasteiger partial charge is 0.422 e. The number of amides is 1. The normalized spacial score (nSPS) is 13.8. The minimum atomic E-state index is -4.56. The second kappa shape index (κ2) is 9.34. The lowest BCUT2D eigenvalue weighted by molar-refractivity contribution is -0.154. The molecule has 0 aliphatic carbocycles. The molecule has 12 heteroatoms. The van der Waals surface area contributed by atoms with E-state index in [1.807, 2.05) is 4.57 Å². The van der Waals surface area contributed by atoms with Crippen molar-refractivity contribution in [2.45, 2.75) is 38.4 Å². The van der Waals surface area contributed by atoms with E-state index in [2.05, 4.69) is 25.2 Å². The lowest BCUT2D eigenvalue weighted by atomic mass is 10.1. The van der Waals surface area contributed by atoms with Crippen LogP contribution in [0.5, 0.6) is 5.88 Å². The van der Waals surface area contributed by atoms with Crippen LogP contribution in [0.15, 0.2) is 30.5 Å². The number of nitrogens with one attached hydrogen (secondary N) is 1. The molecule has 0 saturated heterocycles. The second-order valence-electron chi connectivity index (χ2n) is 7.47. The van der Waals surface area contributed by atoms with Crippen molar-refractivity contribution >= 4 is 23.2 Å². The van der Waals surface area contributed by atoms with Crippen molar-refractivity contribution in [2.24, 2.45) is 0 Å². The van der Waals surface area contributed by atoms with Gasteiger partial charge < -0.3 is 14.6 Å². The van der Waals surface area contributed by atoms with Crippen molar-refractivity contribution in [3.63, 3.8) is 0 Å². The van der Waals surface area contributed by atoms with Crippen LogP contribution in [0.25, 0.3) is 11.4 Å².